The lowest BCUT2D eigenvalue weighted by Crippen LogP contribution is -2.30. The summed E-state index contributed by atoms with van der Waals surface area (Å²) in [6.07, 6.45) is -4.08. The summed E-state index contributed by atoms with van der Waals surface area (Å²) in [6.45, 7) is 0.288. The third-order valence-corrected chi connectivity index (χ3v) is 3.49. The first-order valence-electron chi connectivity index (χ1n) is 6.95. The zero-order valence-corrected chi connectivity index (χ0v) is 13.1. The highest BCUT2D eigenvalue weighted by atomic mass is 35.5. The zero-order valence-electron chi connectivity index (χ0n) is 12.3. The van der Waals surface area contributed by atoms with E-state index in [1.54, 1.807) is 12.1 Å². The van der Waals surface area contributed by atoms with Crippen LogP contribution in [0.3, 0.4) is 0 Å². The fourth-order valence-corrected chi connectivity index (χ4v) is 2.20. The van der Waals surface area contributed by atoms with Crippen molar-refractivity contribution in [2.45, 2.75) is 12.6 Å². The fraction of sp³-hybridized carbons (Fsp3) is 0.188. The minimum atomic E-state index is -4.59. The van der Waals surface area contributed by atoms with Gasteiger partial charge in [0.25, 0.3) is 0 Å². The molecule has 0 aliphatic carbocycles. The highest BCUT2D eigenvalue weighted by Crippen LogP contribution is 2.36. The van der Waals surface area contributed by atoms with Gasteiger partial charge in [-0.25, -0.2) is 4.79 Å². The molecular formula is C16H14ClF3N2O2. The van der Waals surface area contributed by atoms with E-state index < -0.39 is 22.8 Å². The Morgan fingerprint density at radius 3 is 2.42 bits per heavy atom. The van der Waals surface area contributed by atoms with Crippen molar-refractivity contribution in [3.63, 3.8) is 0 Å². The van der Waals surface area contributed by atoms with Crippen LogP contribution in [0.15, 0.2) is 42.5 Å². The third kappa shape index (κ3) is 5.06. The monoisotopic (exact) mass is 358 g/mol. The number of halogens is 4. The van der Waals surface area contributed by atoms with Crippen LogP contribution < -0.4 is 10.6 Å². The van der Waals surface area contributed by atoms with Crippen LogP contribution in [0.25, 0.3) is 0 Å². The van der Waals surface area contributed by atoms with E-state index >= 15 is 0 Å². The summed E-state index contributed by atoms with van der Waals surface area (Å²) in [4.78, 5) is 11.7. The zero-order chi connectivity index (χ0) is 17.7. The van der Waals surface area contributed by atoms with E-state index in [1.807, 2.05) is 0 Å². The van der Waals surface area contributed by atoms with Gasteiger partial charge in [-0.2, -0.15) is 13.2 Å². The Bertz CT molecular complexity index is 718. The SMILES string of the molecule is O=C(NCCc1ccc(O)cc1)Nc1ccc(Cl)c(C(F)(F)F)c1. The maximum absolute atomic E-state index is 12.8. The standard InChI is InChI=1S/C16H14ClF3N2O2/c17-14-6-3-11(9-13(14)16(18,19)20)22-15(24)21-8-7-10-1-4-12(23)5-2-10/h1-6,9,23H,7-8H2,(H2,21,22,24). The molecular weight excluding hydrogens is 345 g/mol. The molecule has 0 aliphatic heterocycles. The Labute approximate surface area is 141 Å². The summed E-state index contributed by atoms with van der Waals surface area (Å²) in [7, 11) is 0. The molecule has 0 aromatic heterocycles. The normalized spacial score (nSPS) is 11.2. The molecule has 0 saturated heterocycles. The summed E-state index contributed by atoms with van der Waals surface area (Å²) in [5.74, 6) is 0.146. The van der Waals surface area contributed by atoms with Crippen molar-refractivity contribution >= 4 is 23.3 Å². The second-order valence-electron chi connectivity index (χ2n) is 4.99. The number of nitrogens with one attached hydrogen (secondary N) is 2. The number of aromatic hydroxyl groups is 1. The maximum atomic E-state index is 12.8. The summed E-state index contributed by atoms with van der Waals surface area (Å²) in [5.41, 5.74) is -0.112. The second-order valence-corrected chi connectivity index (χ2v) is 5.40. The summed E-state index contributed by atoms with van der Waals surface area (Å²) < 4.78 is 38.3. The predicted molar refractivity (Wildman–Crippen MR) is 85.3 cm³/mol. The molecule has 0 fully saturated rings. The molecule has 2 amide bonds. The number of hydrogen-bond donors (Lipinski definition) is 3. The van der Waals surface area contributed by atoms with Crippen molar-refractivity contribution in [2.24, 2.45) is 0 Å². The van der Waals surface area contributed by atoms with Gasteiger partial charge in [-0.3, -0.25) is 0 Å². The molecule has 4 nitrogen and oxygen atoms in total. The Morgan fingerprint density at radius 2 is 1.79 bits per heavy atom. The minimum absolute atomic E-state index is 0.00569. The van der Waals surface area contributed by atoms with Crippen LogP contribution in [-0.2, 0) is 12.6 Å². The summed E-state index contributed by atoms with van der Waals surface area (Å²) in [5, 5.41) is 13.6. The highest BCUT2D eigenvalue weighted by Gasteiger charge is 2.33. The molecule has 0 bridgehead atoms. The van der Waals surface area contributed by atoms with E-state index in [2.05, 4.69) is 10.6 Å². The van der Waals surface area contributed by atoms with E-state index in [4.69, 9.17) is 16.7 Å². The van der Waals surface area contributed by atoms with Crippen LogP contribution in [0, 0.1) is 0 Å². The molecule has 0 radical (unpaired) electrons. The van der Waals surface area contributed by atoms with E-state index in [0.717, 1.165) is 17.7 Å². The summed E-state index contributed by atoms with van der Waals surface area (Å²) >= 11 is 5.51. The number of carbonyl (C=O) groups excluding carboxylic acids is 1. The lowest BCUT2D eigenvalue weighted by molar-refractivity contribution is -0.137. The van der Waals surface area contributed by atoms with Gasteiger partial charge >= 0.3 is 12.2 Å². The number of phenolic OH excluding ortho intramolecular Hbond substituents is 1. The molecule has 0 unspecified atom stereocenters. The molecule has 24 heavy (non-hydrogen) atoms. The van der Waals surface area contributed by atoms with Crippen molar-refractivity contribution < 1.29 is 23.1 Å². The predicted octanol–water partition coefficient (Wildman–Crippen LogP) is 4.43. The van der Waals surface area contributed by atoms with Gasteiger partial charge in [0.15, 0.2) is 0 Å². The highest BCUT2D eigenvalue weighted by molar-refractivity contribution is 6.31. The van der Waals surface area contributed by atoms with Crippen LogP contribution in [0.4, 0.5) is 23.7 Å². The van der Waals surface area contributed by atoms with Gasteiger partial charge in [-0.15, -0.1) is 0 Å². The third-order valence-electron chi connectivity index (χ3n) is 3.17. The fourth-order valence-electron chi connectivity index (χ4n) is 1.98. The molecule has 2 aromatic rings. The minimum Gasteiger partial charge on any atom is -0.508 e. The van der Waals surface area contributed by atoms with Gasteiger partial charge in [0.1, 0.15) is 5.75 Å². The van der Waals surface area contributed by atoms with E-state index in [-0.39, 0.29) is 18.0 Å². The Hall–Kier alpha value is -2.41. The Kier molecular flexibility index (Phi) is 5.56. The maximum Gasteiger partial charge on any atom is 0.417 e. The largest absolute Gasteiger partial charge is 0.508 e. The van der Waals surface area contributed by atoms with Crippen LogP contribution in [0.2, 0.25) is 5.02 Å². The van der Waals surface area contributed by atoms with Crippen molar-refractivity contribution in [3.8, 4) is 5.75 Å². The van der Waals surface area contributed by atoms with Crippen LogP contribution >= 0.6 is 11.6 Å². The first-order valence-corrected chi connectivity index (χ1v) is 7.33. The van der Waals surface area contributed by atoms with Gasteiger partial charge in [0, 0.05) is 12.2 Å². The van der Waals surface area contributed by atoms with Crippen molar-refractivity contribution in [1.29, 1.82) is 0 Å². The topological polar surface area (TPSA) is 61.4 Å². The van der Waals surface area contributed by atoms with E-state index in [1.165, 1.54) is 18.2 Å². The average molecular weight is 359 g/mol. The van der Waals surface area contributed by atoms with Crippen molar-refractivity contribution in [3.05, 3.63) is 58.6 Å². The Morgan fingerprint density at radius 1 is 1.12 bits per heavy atom. The molecule has 128 valence electrons. The molecule has 3 N–H and O–H groups in total. The van der Waals surface area contributed by atoms with Gasteiger partial charge in [0.05, 0.1) is 10.6 Å². The molecule has 0 heterocycles. The average Bonchev–Trinajstić information content (AvgIpc) is 2.50. The molecule has 0 spiro atoms. The second kappa shape index (κ2) is 7.44. The summed E-state index contributed by atoms with van der Waals surface area (Å²) in [6, 6.07) is 9.01. The van der Waals surface area contributed by atoms with Gasteiger partial charge in [-0.05, 0) is 42.3 Å². The van der Waals surface area contributed by atoms with Gasteiger partial charge in [0.2, 0.25) is 0 Å². The number of anilines is 1. The number of alkyl halides is 3. The number of phenols is 1. The van der Waals surface area contributed by atoms with Gasteiger partial charge < -0.3 is 15.7 Å². The molecule has 2 aromatic carbocycles. The molecule has 8 heteroatoms. The van der Waals surface area contributed by atoms with Crippen LogP contribution in [0.5, 0.6) is 5.75 Å². The number of amides is 2. The number of rotatable bonds is 4. The number of benzene rings is 2. The lowest BCUT2D eigenvalue weighted by Gasteiger charge is -2.12. The Balaban J connectivity index is 1.89. The molecule has 2 rings (SSSR count). The van der Waals surface area contributed by atoms with E-state index in [0.29, 0.717) is 6.42 Å². The van der Waals surface area contributed by atoms with Crippen LogP contribution in [-0.4, -0.2) is 17.7 Å². The van der Waals surface area contributed by atoms with E-state index in [9.17, 15) is 18.0 Å². The van der Waals surface area contributed by atoms with Crippen molar-refractivity contribution in [2.75, 3.05) is 11.9 Å². The first kappa shape index (κ1) is 17.9. The molecule has 0 aliphatic rings. The first-order chi connectivity index (χ1) is 11.3. The van der Waals surface area contributed by atoms with Crippen molar-refractivity contribution in [1.82, 2.24) is 5.32 Å². The number of urea groups is 1. The molecule has 0 atom stereocenters. The number of hydrogen-bond acceptors (Lipinski definition) is 2. The lowest BCUT2D eigenvalue weighted by atomic mass is 10.1. The van der Waals surface area contributed by atoms with Crippen LogP contribution in [0.1, 0.15) is 11.1 Å². The smallest absolute Gasteiger partial charge is 0.417 e. The number of carbonyl (C=O) groups is 1. The molecule has 0 saturated carbocycles. The van der Waals surface area contributed by atoms with Gasteiger partial charge in [-0.1, -0.05) is 23.7 Å². The quantitative estimate of drug-likeness (QED) is 0.757.